The number of halogens is 4. The Morgan fingerprint density at radius 1 is 1.12 bits per heavy atom. The molecule has 2 aromatic carbocycles. The molecule has 1 aromatic heterocycles. The summed E-state index contributed by atoms with van der Waals surface area (Å²) in [4.78, 5) is 35.9. The molecule has 0 aliphatic heterocycles. The summed E-state index contributed by atoms with van der Waals surface area (Å²) in [6.07, 6.45) is 0. The number of carboxylic acids is 1. The van der Waals surface area contributed by atoms with Crippen LogP contribution < -0.4 is 20.7 Å². The van der Waals surface area contributed by atoms with E-state index in [1.165, 1.54) is 12.1 Å². The molecule has 1 N–H and O–H groups in total. The molecule has 174 valence electrons. The van der Waals surface area contributed by atoms with Gasteiger partial charge < -0.3 is 14.6 Å². The summed E-state index contributed by atoms with van der Waals surface area (Å²) in [6.45, 7) is -0.146. The van der Waals surface area contributed by atoms with E-state index in [9.17, 15) is 27.6 Å². The van der Waals surface area contributed by atoms with Gasteiger partial charge in [-0.2, -0.15) is 0 Å². The van der Waals surface area contributed by atoms with Crippen LogP contribution in [-0.2, 0) is 17.8 Å². The number of carbonyl (C=O) groups is 1. The van der Waals surface area contributed by atoms with Crippen LogP contribution >= 0.6 is 11.6 Å². The normalized spacial score (nSPS) is 11.3. The maximum atomic E-state index is 14.7. The first-order chi connectivity index (χ1) is 15.4. The predicted octanol–water partition coefficient (Wildman–Crippen LogP) is 3.70. The summed E-state index contributed by atoms with van der Waals surface area (Å²) in [5, 5.41) is 8.55. The van der Waals surface area contributed by atoms with Crippen LogP contribution in [0, 0.1) is 5.82 Å². The molecule has 0 aliphatic carbocycles. The van der Waals surface area contributed by atoms with Gasteiger partial charge in [0.05, 0.1) is 16.4 Å². The van der Waals surface area contributed by atoms with Crippen LogP contribution in [0.5, 0.6) is 17.2 Å². The topological polar surface area (TPSA) is 99.8 Å². The third-order valence-corrected chi connectivity index (χ3v) is 4.73. The molecule has 0 bridgehead atoms. The smallest absolute Gasteiger partial charge is 0.341 e. The highest BCUT2D eigenvalue weighted by atomic mass is 35.5. The van der Waals surface area contributed by atoms with Crippen molar-refractivity contribution < 1.29 is 32.5 Å². The van der Waals surface area contributed by atoms with Crippen LogP contribution in [0.1, 0.15) is 12.6 Å². The average Bonchev–Trinajstić information content (AvgIpc) is 2.72. The van der Waals surface area contributed by atoms with Gasteiger partial charge >= 0.3 is 11.7 Å². The minimum absolute atomic E-state index is 0.0134. The van der Waals surface area contributed by atoms with Crippen LogP contribution in [0.25, 0.3) is 5.69 Å². The number of nitrogens with zero attached hydrogens (tertiary/aromatic N) is 2. The number of ether oxygens (including phenoxy) is 2. The number of aliphatic carboxylic acids is 1. The van der Waals surface area contributed by atoms with Gasteiger partial charge in [0.1, 0.15) is 11.6 Å². The van der Waals surface area contributed by atoms with Gasteiger partial charge in [0.2, 0.25) is 0 Å². The second-order valence-corrected chi connectivity index (χ2v) is 7.31. The maximum absolute atomic E-state index is 14.7. The zero-order valence-corrected chi connectivity index (χ0v) is 17.9. The number of rotatable bonds is 7. The van der Waals surface area contributed by atoms with Crippen molar-refractivity contribution in [1.29, 1.82) is 0 Å². The number of hydrogen-bond donors (Lipinski definition) is 1. The molecular weight excluding hydrogens is 469 g/mol. The SMILES string of the molecule is Cn1c(C(C)(F)F)cc(=O)n(-c2cc(Oc3ccccc3OCC(=O)O)c(Cl)cc2F)c1=O. The van der Waals surface area contributed by atoms with E-state index in [1.54, 1.807) is 12.1 Å². The number of carboxylic acid groups (broad SMARTS) is 1. The van der Waals surface area contributed by atoms with E-state index in [-0.39, 0.29) is 22.3 Å². The van der Waals surface area contributed by atoms with Crippen molar-refractivity contribution in [2.24, 2.45) is 7.05 Å². The van der Waals surface area contributed by atoms with Crippen molar-refractivity contribution in [1.82, 2.24) is 9.13 Å². The highest BCUT2D eigenvalue weighted by Gasteiger charge is 2.30. The second kappa shape index (κ2) is 9.02. The lowest BCUT2D eigenvalue weighted by molar-refractivity contribution is -0.139. The van der Waals surface area contributed by atoms with Crippen molar-refractivity contribution in [2.45, 2.75) is 12.8 Å². The van der Waals surface area contributed by atoms with E-state index < -0.39 is 46.9 Å². The van der Waals surface area contributed by atoms with Crippen molar-refractivity contribution in [3.63, 3.8) is 0 Å². The Labute approximate surface area is 189 Å². The zero-order valence-electron chi connectivity index (χ0n) is 17.1. The molecule has 0 saturated heterocycles. The standard InChI is InChI=1S/C21H16ClF3N2O6/c1-21(24,25)17-9-18(28)27(20(31)26(17)2)13-8-16(11(22)7-12(13)23)33-15-6-4-3-5-14(15)32-10-19(29)30/h3-9H,10H2,1-2H3,(H,29,30). The molecule has 0 saturated carbocycles. The highest BCUT2D eigenvalue weighted by molar-refractivity contribution is 6.32. The lowest BCUT2D eigenvalue weighted by Gasteiger charge is -2.17. The van der Waals surface area contributed by atoms with Gasteiger partial charge in [0.25, 0.3) is 11.5 Å². The maximum Gasteiger partial charge on any atom is 0.341 e. The molecule has 12 heteroatoms. The number of hydrogen-bond acceptors (Lipinski definition) is 5. The third kappa shape index (κ3) is 5.03. The van der Waals surface area contributed by atoms with Gasteiger partial charge in [0.15, 0.2) is 18.1 Å². The number of alkyl halides is 2. The summed E-state index contributed by atoms with van der Waals surface area (Å²) in [6, 6.07) is 8.19. The van der Waals surface area contributed by atoms with Gasteiger partial charge in [-0.3, -0.25) is 9.36 Å². The van der Waals surface area contributed by atoms with Crippen molar-refractivity contribution >= 4 is 17.6 Å². The van der Waals surface area contributed by atoms with E-state index >= 15 is 0 Å². The van der Waals surface area contributed by atoms with Crippen LogP contribution in [0.15, 0.2) is 52.1 Å². The Morgan fingerprint density at radius 3 is 2.36 bits per heavy atom. The van der Waals surface area contributed by atoms with E-state index in [4.69, 9.17) is 26.2 Å². The fourth-order valence-corrected chi connectivity index (χ4v) is 3.14. The summed E-state index contributed by atoms with van der Waals surface area (Å²) in [5.41, 5.74) is -3.83. The molecule has 33 heavy (non-hydrogen) atoms. The van der Waals surface area contributed by atoms with Crippen LogP contribution in [0.3, 0.4) is 0 Å². The Kier molecular flexibility index (Phi) is 6.54. The van der Waals surface area contributed by atoms with E-state index in [2.05, 4.69) is 0 Å². The third-order valence-electron chi connectivity index (χ3n) is 4.43. The molecule has 0 amide bonds. The van der Waals surface area contributed by atoms with E-state index in [0.717, 1.165) is 19.2 Å². The Morgan fingerprint density at radius 2 is 1.76 bits per heavy atom. The molecule has 3 aromatic rings. The molecule has 0 spiro atoms. The molecule has 8 nitrogen and oxygen atoms in total. The first-order valence-corrected chi connectivity index (χ1v) is 9.60. The number of benzene rings is 2. The molecule has 0 unspecified atom stereocenters. The molecule has 0 aliphatic rings. The lowest BCUT2D eigenvalue weighted by atomic mass is 10.2. The quantitative estimate of drug-likeness (QED) is 0.549. The fraction of sp³-hybridized carbons (Fsp3) is 0.190. The van der Waals surface area contributed by atoms with Crippen molar-refractivity contribution in [3.8, 4) is 22.9 Å². The van der Waals surface area contributed by atoms with Crippen LogP contribution in [-0.4, -0.2) is 26.8 Å². The van der Waals surface area contributed by atoms with Crippen molar-refractivity contribution in [3.05, 3.63) is 79.8 Å². The van der Waals surface area contributed by atoms with Gasteiger partial charge in [-0.1, -0.05) is 23.7 Å². The zero-order chi connectivity index (χ0) is 24.5. The fourth-order valence-electron chi connectivity index (χ4n) is 2.95. The number of aromatic nitrogens is 2. The van der Waals surface area contributed by atoms with Gasteiger partial charge in [-0.25, -0.2) is 27.3 Å². The van der Waals surface area contributed by atoms with E-state index in [0.29, 0.717) is 22.1 Å². The molecule has 0 atom stereocenters. The average molecular weight is 485 g/mol. The van der Waals surface area contributed by atoms with Crippen LogP contribution in [0.2, 0.25) is 5.02 Å². The minimum Gasteiger partial charge on any atom is -0.479 e. The van der Waals surface area contributed by atoms with Gasteiger partial charge in [0, 0.05) is 26.1 Å². The second-order valence-electron chi connectivity index (χ2n) is 6.90. The molecule has 1 heterocycles. The van der Waals surface area contributed by atoms with Crippen LogP contribution in [0.4, 0.5) is 13.2 Å². The Balaban J connectivity index is 2.12. The van der Waals surface area contributed by atoms with Gasteiger partial charge in [-0.05, 0) is 18.2 Å². The summed E-state index contributed by atoms with van der Waals surface area (Å²) < 4.78 is 53.8. The predicted molar refractivity (Wildman–Crippen MR) is 111 cm³/mol. The minimum atomic E-state index is -3.49. The summed E-state index contributed by atoms with van der Waals surface area (Å²) in [7, 11) is 1.02. The largest absolute Gasteiger partial charge is 0.479 e. The van der Waals surface area contributed by atoms with Crippen molar-refractivity contribution in [2.75, 3.05) is 6.61 Å². The molecular formula is C21H16ClF3N2O6. The highest BCUT2D eigenvalue weighted by Crippen LogP contribution is 2.37. The molecule has 0 fully saturated rings. The van der Waals surface area contributed by atoms with Gasteiger partial charge in [-0.15, -0.1) is 0 Å². The number of para-hydroxylation sites is 2. The first kappa shape index (κ1) is 23.9. The first-order valence-electron chi connectivity index (χ1n) is 9.22. The monoisotopic (exact) mass is 484 g/mol. The lowest BCUT2D eigenvalue weighted by Crippen LogP contribution is -2.41. The molecule has 3 rings (SSSR count). The van der Waals surface area contributed by atoms with E-state index in [1.807, 2.05) is 0 Å². The molecule has 0 radical (unpaired) electrons. The Hall–Kier alpha value is -3.73. The summed E-state index contributed by atoms with van der Waals surface area (Å²) >= 11 is 6.04. The summed E-state index contributed by atoms with van der Waals surface area (Å²) in [5.74, 6) is -5.97. The Bertz CT molecular complexity index is 1350.